The number of carbonyl (C=O) groups is 1. The van der Waals surface area contributed by atoms with Gasteiger partial charge in [-0.25, -0.2) is 0 Å². The Morgan fingerprint density at radius 1 is 1.43 bits per heavy atom. The van der Waals surface area contributed by atoms with Crippen LogP contribution < -0.4 is 4.74 Å². The Morgan fingerprint density at radius 2 is 2.21 bits per heavy atom. The highest BCUT2D eigenvalue weighted by molar-refractivity contribution is 6.33. The van der Waals surface area contributed by atoms with Crippen LogP contribution in [0, 0.1) is 0 Å². The number of halogens is 2. The van der Waals surface area contributed by atoms with Crippen LogP contribution in [0.4, 0.5) is 0 Å². The van der Waals surface area contributed by atoms with Crippen molar-refractivity contribution in [2.75, 3.05) is 12.5 Å². The third-order valence-electron chi connectivity index (χ3n) is 1.65. The topological polar surface area (TPSA) is 26.3 Å². The van der Waals surface area contributed by atoms with Crippen molar-refractivity contribution in [2.24, 2.45) is 0 Å². The first kappa shape index (κ1) is 11.3. The first-order valence-corrected chi connectivity index (χ1v) is 5.12. The average Bonchev–Trinajstić information content (AvgIpc) is 2.18. The summed E-state index contributed by atoms with van der Waals surface area (Å²) in [5.74, 6) is 1.23. The average molecular weight is 233 g/mol. The van der Waals surface area contributed by atoms with Gasteiger partial charge in [-0.3, -0.25) is 4.79 Å². The Kier molecular flexibility index (Phi) is 4.77. The minimum Gasteiger partial charge on any atom is -0.494 e. The molecule has 0 spiro atoms. The van der Waals surface area contributed by atoms with Crippen LogP contribution in [0.3, 0.4) is 0 Å². The van der Waals surface area contributed by atoms with Crippen molar-refractivity contribution in [3.05, 3.63) is 28.8 Å². The van der Waals surface area contributed by atoms with Crippen molar-refractivity contribution in [3.63, 3.8) is 0 Å². The molecule has 0 atom stereocenters. The molecule has 76 valence electrons. The van der Waals surface area contributed by atoms with Gasteiger partial charge in [-0.1, -0.05) is 11.6 Å². The number of rotatable bonds is 5. The van der Waals surface area contributed by atoms with Crippen LogP contribution >= 0.6 is 23.2 Å². The summed E-state index contributed by atoms with van der Waals surface area (Å²) in [4.78, 5) is 10.5. The van der Waals surface area contributed by atoms with Crippen LogP contribution in [0.1, 0.15) is 16.8 Å². The van der Waals surface area contributed by atoms with Crippen LogP contribution in [-0.2, 0) is 0 Å². The molecule has 14 heavy (non-hydrogen) atoms. The van der Waals surface area contributed by atoms with Gasteiger partial charge in [-0.2, -0.15) is 0 Å². The first-order chi connectivity index (χ1) is 6.77. The van der Waals surface area contributed by atoms with E-state index in [9.17, 15) is 4.79 Å². The van der Waals surface area contributed by atoms with E-state index in [0.717, 1.165) is 6.42 Å². The molecule has 0 bridgehead atoms. The number of benzene rings is 1. The molecular formula is C10H10Cl2O2. The molecule has 0 aromatic heterocycles. The number of carbonyl (C=O) groups excluding carboxylic acids is 1. The number of hydrogen-bond acceptors (Lipinski definition) is 2. The molecule has 1 aromatic carbocycles. The van der Waals surface area contributed by atoms with Crippen LogP contribution in [0.5, 0.6) is 5.75 Å². The fourth-order valence-electron chi connectivity index (χ4n) is 0.938. The third-order valence-corrected chi connectivity index (χ3v) is 2.24. The molecule has 0 heterocycles. The summed E-state index contributed by atoms with van der Waals surface area (Å²) >= 11 is 11.3. The van der Waals surface area contributed by atoms with E-state index in [4.69, 9.17) is 27.9 Å². The quantitative estimate of drug-likeness (QED) is 0.443. The van der Waals surface area contributed by atoms with E-state index < -0.39 is 0 Å². The summed E-state index contributed by atoms with van der Waals surface area (Å²) < 4.78 is 5.34. The largest absolute Gasteiger partial charge is 0.494 e. The monoisotopic (exact) mass is 232 g/mol. The van der Waals surface area contributed by atoms with Gasteiger partial charge in [0.1, 0.15) is 5.75 Å². The molecule has 0 amide bonds. The summed E-state index contributed by atoms with van der Waals surface area (Å²) in [6.45, 7) is 0.556. The van der Waals surface area contributed by atoms with Gasteiger partial charge in [0.2, 0.25) is 0 Å². The molecule has 0 fully saturated rings. The minimum atomic E-state index is 0.406. The zero-order valence-corrected chi connectivity index (χ0v) is 9.02. The van der Waals surface area contributed by atoms with E-state index in [1.165, 1.54) is 0 Å². The highest BCUT2D eigenvalue weighted by Gasteiger charge is 2.00. The number of hydrogen-bond donors (Lipinski definition) is 0. The van der Waals surface area contributed by atoms with Gasteiger partial charge in [0.05, 0.1) is 11.6 Å². The fourth-order valence-corrected chi connectivity index (χ4v) is 1.26. The lowest BCUT2D eigenvalue weighted by atomic mass is 10.2. The molecule has 0 saturated carbocycles. The smallest absolute Gasteiger partial charge is 0.151 e. The summed E-state index contributed by atoms with van der Waals surface area (Å²) in [5.41, 5.74) is 0.469. The van der Waals surface area contributed by atoms with Crippen molar-refractivity contribution in [1.29, 1.82) is 0 Å². The second kappa shape index (κ2) is 5.89. The van der Waals surface area contributed by atoms with Crippen molar-refractivity contribution < 1.29 is 9.53 Å². The van der Waals surface area contributed by atoms with Crippen molar-refractivity contribution in [1.82, 2.24) is 0 Å². The number of alkyl halides is 1. The minimum absolute atomic E-state index is 0.406. The molecule has 1 aromatic rings. The van der Waals surface area contributed by atoms with Gasteiger partial charge in [0.15, 0.2) is 6.29 Å². The molecule has 0 radical (unpaired) electrons. The zero-order chi connectivity index (χ0) is 10.4. The maximum atomic E-state index is 10.5. The Labute approximate surface area is 92.8 Å². The number of ether oxygens (including phenoxy) is 1. The molecule has 4 heteroatoms. The van der Waals surface area contributed by atoms with Crippen LogP contribution in [0.2, 0.25) is 5.02 Å². The highest BCUT2D eigenvalue weighted by Crippen LogP contribution is 2.21. The number of aldehydes is 1. The predicted octanol–water partition coefficient (Wildman–Crippen LogP) is 3.16. The van der Waals surface area contributed by atoms with E-state index in [1.54, 1.807) is 18.2 Å². The van der Waals surface area contributed by atoms with Gasteiger partial charge >= 0.3 is 0 Å². The van der Waals surface area contributed by atoms with Crippen molar-refractivity contribution >= 4 is 29.5 Å². The fraction of sp³-hybridized carbons (Fsp3) is 0.300. The van der Waals surface area contributed by atoms with E-state index in [-0.39, 0.29) is 0 Å². The molecular weight excluding hydrogens is 223 g/mol. The van der Waals surface area contributed by atoms with Gasteiger partial charge in [-0.05, 0) is 24.6 Å². The maximum Gasteiger partial charge on any atom is 0.151 e. The van der Waals surface area contributed by atoms with Gasteiger partial charge < -0.3 is 4.74 Å². The molecule has 0 aliphatic carbocycles. The van der Waals surface area contributed by atoms with E-state index in [1.807, 2.05) is 0 Å². The van der Waals surface area contributed by atoms with E-state index in [2.05, 4.69) is 0 Å². The van der Waals surface area contributed by atoms with Gasteiger partial charge in [0, 0.05) is 11.4 Å². The SMILES string of the molecule is O=Cc1ccc(OCCCCl)cc1Cl. The highest BCUT2D eigenvalue weighted by atomic mass is 35.5. The second-order valence-electron chi connectivity index (χ2n) is 2.69. The Balaban J connectivity index is 2.62. The lowest BCUT2D eigenvalue weighted by Crippen LogP contribution is -1.98. The first-order valence-electron chi connectivity index (χ1n) is 4.21. The van der Waals surface area contributed by atoms with Crippen LogP contribution in [0.15, 0.2) is 18.2 Å². The molecule has 0 saturated heterocycles. The van der Waals surface area contributed by atoms with Crippen LogP contribution in [0.25, 0.3) is 0 Å². The predicted molar refractivity (Wildman–Crippen MR) is 57.7 cm³/mol. The molecule has 0 aliphatic rings. The summed E-state index contributed by atoms with van der Waals surface area (Å²) in [5, 5.41) is 0.406. The third kappa shape index (κ3) is 3.20. The van der Waals surface area contributed by atoms with Gasteiger partial charge in [-0.15, -0.1) is 11.6 Å². The maximum absolute atomic E-state index is 10.5. The molecule has 0 aliphatic heterocycles. The molecule has 1 rings (SSSR count). The van der Waals surface area contributed by atoms with E-state index in [0.29, 0.717) is 35.1 Å². The summed E-state index contributed by atoms with van der Waals surface area (Å²) in [7, 11) is 0. The van der Waals surface area contributed by atoms with Crippen molar-refractivity contribution in [2.45, 2.75) is 6.42 Å². The molecule has 0 N–H and O–H groups in total. The standard InChI is InChI=1S/C10H10Cl2O2/c11-4-1-5-14-9-3-2-8(7-13)10(12)6-9/h2-3,6-7H,1,4-5H2. The summed E-state index contributed by atoms with van der Waals surface area (Å²) in [6, 6.07) is 4.97. The lowest BCUT2D eigenvalue weighted by Gasteiger charge is -2.05. The Hall–Kier alpha value is -0.730. The van der Waals surface area contributed by atoms with Gasteiger partial charge in [0.25, 0.3) is 0 Å². The van der Waals surface area contributed by atoms with Crippen LogP contribution in [-0.4, -0.2) is 18.8 Å². The van der Waals surface area contributed by atoms with E-state index >= 15 is 0 Å². The molecule has 2 nitrogen and oxygen atoms in total. The Morgan fingerprint density at radius 3 is 2.79 bits per heavy atom. The lowest BCUT2D eigenvalue weighted by molar-refractivity contribution is 0.112. The molecule has 0 unspecified atom stereocenters. The van der Waals surface area contributed by atoms with Crippen molar-refractivity contribution in [3.8, 4) is 5.75 Å². The summed E-state index contributed by atoms with van der Waals surface area (Å²) in [6.07, 6.45) is 1.50. The second-order valence-corrected chi connectivity index (χ2v) is 3.48. The normalized spacial score (nSPS) is 9.86. The Bertz CT molecular complexity index is 313. The zero-order valence-electron chi connectivity index (χ0n) is 7.50.